The maximum atomic E-state index is 14.4. The quantitative estimate of drug-likeness (QED) is 0.445. The maximum Gasteiger partial charge on any atom is 0.313 e. The largest absolute Gasteiger partial charge is 0.469 e. The van der Waals surface area contributed by atoms with Crippen molar-refractivity contribution >= 4 is 17.7 Å². The van der Waals surface area contributed by atoms with Crippen molar-refractivity contribution in [2.45, 2.75) is 112 Å². The molecule has 5 aliphatic rings. The molecule has 5 nitrogen and oxygen atoms in total. The normalized spacial score (nSPS) is 51.0. The molecule has 5 aliphatic carbocycles. The van der Waals surface area contributed by atoms with Crippen molar-refractivity contribution < 1.29 is 19.1 Å². The van der Waals surface area contributed by atoms with Crippen LogP contribution in [0.2, 0.25) is 0 Å². The first kappa shape index (κ1) is 26.9. The molecule has 0 spiro atoms. The molecule has 0 aromatic rings. The van der Waals surface area contributed by atoms with E-state index >= 15 is 0 Å². The van der Waals surface area contributed by atoms with E-state index in [1.54, 1.807) is 0 Å². The van der Waals surface area contributed by atoms with Gasteiger partial charge >= 0.3 is 5.97 Å². The fourth-order valence-electron chi connectivity index (χ4n) is 11.3. The van der Waals surface area contributed by atoms with Crippen molar-refractivity contribution in [1.29, 1.82) is 0 Å². The summed E-state index contributed by atoms with van der Waals surface area (Å²) in [6, 6.07) is -0.279. The topological polar surface area (TPSA) is 72.5 Å². The van der Waals surface area contributed by atoms with Crippen molar-refractivity contribution in [3.05, 3.63) is 11.6 Å². The van der Waals surface area contributed by atoms with Crippen LogP contribution in [0.5, 0.6) is 0 Å². The molecule has 0 radical (unpaired) electrons. The third kappa shape index (κ3) is 3.37. The molecule has 10 atom stereocenters. The molecule has 1 N–H and O–H groups in total. The molecule has 0 aliphatic heterocycles. The molecule has 1 amide bonds. The summed E-state index contributed by atoms with van der Waals surface area (Å²) in [5, 5.41) is 3.09. The lowest BCUT2D eigenvalue weighted by atomic mass is 9.33. The van der Waals surface area contributed by atoms with Crippen molar-refractivity contribution in [2.24, 2.45) is 50.7 Å². The van der Waals surface area contributed by atoms with E-state index in [2.05, 4.69) is 46.0 Å². The highest BCUT2D eigenvalue weighted by Crippen LogP contribution is 2.75. The highest BCUT2D eigenvalue weighted by Gasteiger charge is 2.71. The number of esters is 1. The smallest absolute Gasteiger partial charge is 0.313 e. The van der Waals surface area contributed by atoms with Crippen LogP contribution in [0.1, 0.15) is 106 Å². The van der Waals surface area contributed by atoms with Gasteiger partial charge in [0.05, 0.1) is 12.5 Å². The van der Waals surface area contributed by atoms with Gasteiger partial charge in [-0.05, 0) is 97.4 Å². The fraction of sp³-hybridized carbons (Fsp3) is 0.844. The van der Waals surface area contributed by atoms with E-state index in [4.69, 9.17) is 4.74 Å². The molecule has 4 unspecified atom stereocenters. The first-order valence-electron chi connectivity index (χ1n) is 14.8. The van der Waals surface area contributed by atoms with E-state index < -0.39 is 5.41 Å². The Morgan fingerprint density at radius 1 is 0.973 bits per heavy atom. The third-order valence-corrected chi connectivity index (χ3v) is 13.2. The van der Waals surface area contributed by atoms with Gasteiger partial charge in [0.2, 0.25) is 5.91 Å². The third-order valence-electron chi connectivity index (χ3n) is 13.2. The van der Waals surface area contributed by atoms with Gasteiger partial charge < -0.3 is 10.1 Å². The maximum absolute atomic E-state index is 14.4. The van der Waals surface area contributed by atoms with Gasteiger partial charge in [-0.2, -0.15) is 0 Å². The number of methoxy groups -OCH3 is 1. The summed E-state index contributed by atoms with van der Waals surface area (Å²) in [7, 11) is 1.45. The lowest BCUT2D eigenvalue weighted by Crippen LogP contribution is -2.69. The Morgan fingerprint density at radius 2 is 1.68 bits per heavy atom. The van der Waals surface area contributed by atoms with Crippen molar-refractivity contribution in [1.82, 2.24) is 5.32 Å². The fourth-order valence-corrected chi connectivity index (χ4v) is 11.3. The molecular formula is C32H49NO4. The van der Waals surface area contributed by atoms with Gasteiger partial charge in [0.15, 0.2) is 5.78 Å². The van der Waals surface area contributed by atoms with Gasteiger partial charge in [-0.3, -0.25) is 14.4 Å². The van der Waals surface area contributed by atoms with Crippen LogP contribution in [-0.2, 0) is 19.1 Å². The zero-order chi connectivity index (χ0) is 27.2. The molecule has 37 heavy (non-hydrogen) atoms. The summed E-state index contributed by atoms with van der Waals surface area (Å²) in [5.41, 5.74) is 0.408. The first-order chi connectivity index (χ1) is 17.2. The summed E-state index contributed by atoms with van der Waals surface area (Å²) >= 11 is 0. The summed E-state index contributed by atoms with van der Waals surface area (Å²) in [4.78, 5) is 40.0. The Bertz CT molecular complexity index is 1050. The standard InChI is InChI=1S/C32H49NO4/c1-19-10-9-13-28(3)16-17-30(5)21(25(19)28)18-22(35)26-29(4)14-12-24(33-20(2)34)32(7,27(36)37-8)23(29)11-15-31(26,30)6/h18-19,23-26H,9-17H2,1-8H3,(H,33,34)/t19-,23?,24?,25?,26?,28+,29-,30+,31+,32+/m0/s1. The van der Waals surface area contributed by atoms with Crippen LogP contribution < -0.4 is 5.32 Å². The van der Waals surface area contributed by atoms with Crippen LogP contribution in [0.3, 0.4) is 0 Å². The highest BCUT2D eigenvalue weighted by atomic mass is 16.5. The number of ketones is 1. The lowest BCUT2D eigenvalue weighted by Gasteiger charge is -2.70. The molecule has 5 rings (SSSR count). The Morgan fingerprint density at radius 3 is 2.32 bits per heavy atom. The number of allylic oxidation sites excluding steroid dienone is 2. The molecule has 4 saturated carbocycles. The minimum Gasteiger partial charge on any atom is -0.469 e. The highest BCUT2D eigenvalue weighted by molar-refractivity contribution is 5.96. The number of carbonyl (C=O) groups excluding carboxylic acids is 3. The molecule has 4 fully saturated rings. The van der Waals surface area contributed by atoms with Crippen LogP contribution >= 0.6 is 0 Å². The molecule has 0 aromatic heterocycles. The summed E-state index contributed by atoms with van der Waals surface area (Å²) in [5.74, 6) is 0.850. The molecule has 5 heteroatoms. The zero-order valence-electron chi connectivity index (χ0n) is 24.5. The molecule has 0 saturated heterocycles. The van der Waals surface area contributed by atoms with Crippen molar-refractivity contribution in [3.63, 3.8) is 0 Å². The van der Waals surface area contributed by atoms with Crippen LogP contribution in [0.25, 0.3) is 0 Å². The van der Waals surface area contributed by atoms with Gasteiger partial charge in [-0.1, -0.05) is 53.0 Å². The van der Waals surface area contributed by atoms with Crippen molar-refractivity contribution in [3.8, 4) is 0 Å². The SMILES string of the molecule is COC(=O)[C@@]1(C)C(NC(C)=O)CC[C@@]2(C)C1CC[C@]1(C)C2C(=O)C=C2C3[C@@H](C)CCC[C@]3(C)CC[C@]21C. The second kappa shape index (κ2) is 8.42. The summed E-state index contributed by atoms with van der Waals surface area (Å²) < 4.78 is 5.39. The average molecular weight is 512 g/mol. The van der Waals surface area contributed by atoms with E-state index in [-0.39, 0.29) is 51.8 Å². The van der Waals surface area contributed by atoms with Gasteiger partial charge in [-0.15, -0.1) is 0 Å². The predicted octanol–water partition coefficient (Wildman–Crippen LogP) is 6.25. The number of ether oxygens (including phenoxy) is 1. The second-order valence-corrected chi connectivity index (χ2v) is 14.8. The van der Waals surface area contributed by atoms with Gasteiger partial charge in [-0.25, -0.2) is 0 Å². The molecule has 0 heterocycles. The summed E-state index contributed by atoms with van der Waals surface area (Å²) in [6.07, 6.45) is 11.6. The monoisotopic (exact) mass is 511 g/mol. The Kier molecular flexibility index (Phi) is 6.13. The van der Waals surface area contributed by atoms with E-state index in [0.717, 1.165) is 25.7 Å². The van der Waals surface area contributed by atoms with Crippen LogP contribution in [0, 0.1) is 50.7 Å². The number of hydrogen-bond donors (Lipinski definition) is 1. The minimum absolute atomic E-state index is 0.00845. The van der Waals surface area contributed by atoms with Gasteiger partial charge in [0, 0.05) is 18.9 Å². The average Bonchev–Trinajstić information content (AvgIpc) is 2.81. The molecule has 0 aromatic carbocycles. The minimum atomic E-state index is -0.858. The number of fused-ring (bicyclic) bond motifs is 7. The predicted molar refractivity (Wildman–Crippen MR) is 144 cm³/mol. The van der Waals surface area contributed by atoms with E-state index in [1.807, 2.05) is 6.92 Å². The van der Waals surface area contributed by atoms with Crippen LogP contribution in [-0.4, -0.2) is 30.8 Å². The number of nitrogens with one attached hydrogen (secondary N) is 1. The number of carbonyl (C=O) groups is 3. The Labute approximate surface area is 223 Å². The first-order valence-corrected chi connectivity index (χ1v) is 14.8. The number of amides is 1. The van der Waals surface area contributed by atoms with E-state index in [9.17, 15) is 14.4 Å². The number of hydrogen-bond acceptors (Lipinski definition) is 4. The Hall–Kier alpha value is -1.65. The second-order valence-electron chi connectivity index (χ2n) is 14.8. The summed E-state index contributed by atoms with van der Waals surface area (Å²) in [6.45, 7) is 15.6. The van der Waals surface area contributed by atoms with Crippen molar-refractivity contribution in [2.75, 3.05) is 7.11 Å². The zero-order valence-corrected chi connectivity index (χ0v) is 24.5. The van der Waals surface area contributed by atoms with Gasteiger partial charge in [0.1, 0.15) is 0 Å². The van der Waals surface area contributed by atoms with Crippen LogP contribution in [0.15, 0.2) is 11.6 Å². The lowest BCUT2D eigenvalue weighted by molar-refractivity contribution is -0.203. The molecule has 206 valence electrons. The molecular weight excluding hydrogens is 462 g/mol. The van der Waals surface area contributed by atoms with E-state index in [0.29, 0.717) is 23.7 Å². The molecule has 0 bridgehead atoms. The van der Waals surface area contributed by atoms with E-state index in [1.165, 1.54) is 45.3 Å². The Balaban J connectivity index is 1.62. The van der Waals surface area contributed by atoms with Gasteiger partial charge in [0.25, 0.3) is 0 Å². The van der Waals surface area contributed by atoms with Crippen LogP contribution in [0.4, 0.5) is 0 Å². The number of rotatable bonds is 2.